The van der Waals surface area contributed by atoms with Crippen LogP contribution in [0.2, 0.25) is 0 Å². The molecule has 2 rings (SSSR count). The lowest BCUT2D eigenvalue weighted by Crippen LogP contribution is -2.33. The predicted molar refractivity (Wildman–Crippen MR) is 182 cm³/mol. The summed E-state index contributed by atoms with van der Waals surface area (Å²) in [5.41, 5.74) is 3.64. The highest BCUT2D eigenvalue weighted by Gasteiger charge is 2.29. The van der Waals surface area contributed by atoms with Crippen molar-refractivity contribution < 1.29 is 30.0 Å². The van der Waals surface area contributed by atoms with E-state index in [1.165, 1.54) is 11.8 Å². The van der Waals surface area contributed by atoms with Gasteiger partial charge in [0.2, 0.25) is 0 Å². The van der Waals surface area contributed by atoms with Gasteiger partial charge in [0.15, 0.2) is 0 Å². The van der Waals surface area contributed by atoms with Crippen LogP contribution in [-0.4, -0.2) is 33.7 Å². The number of thioether (sulfide) groups is 1. The molecule has 2 aromatic rings. The maximum Gasteiger partial charge on any atom is 0.123 e. The molecule has 2 atom stereocenters. The number of rotatable bonds is 12. The lowest BCUT2D eigenvalue weighted by Gasteiger charge is -2.29. The van der Waals surface area contributed by atoms with E-state index in [9.17, 15) is 30.0 Å². The molecule has 2 aromatic carbocycles. The van der Waals surface area contributed by atoms with Crippen LogP contribution < -0.4 is 10.2 Å². The van der Waals surface area contributed by atoms with Crippen LogP contribution in [0.1, 0.15) is 129 Å². The minimum Gasteiger partial charge on any atom is -0.550 e. The van der Waals surface area contributed by atoms with Crippen LogP contribution in [0.4, 0.5) is 0 Å². The van der Waals surface area contributed by atoms with Gasteiger partial charge in [0.25, 0.3) is 0 Å². The van der Waals surface area contributed by atoms with E-state index >= 15 is 0 Å². The normalized spacial score (nSPS) is 14.3. The molecule has 2 N–H and O–H groups in total. The summed E-state index contributed by atoms with van der Waals surface area (Å²) in [4.78, 5) is 24.3. The van der Waals surface area contributed by atoms with Gasteiger partial charge in [0.1, 0.15) is 11.5 Å². The van der Waals surface area contributed by atoms with E-state index in [1.807, 2.05) is 107 Å². The molecule has 0 aliphatic carbocycles. The second-order valence-corrected chi connectivity index (χ2v) is 17.9. The number of hydrogen-bond acceptors (Lipinski definition) is 7. The van der Waals surface area contributed by atoms with Gasteiger partial charge < -0.3 is 30.0 Å². The van der Waals surface area contributed by atoms with E-state index in [0.717, 1.165) is 33.4 Å². The average Bonchev–Trinajstić information content (AvgIpc) is 2.85. The molecule has 0 amide bonds. The van der Waals surface area contributed by atoms with Crippen LogP contribution in [0, 0.1) is 11.8 Å². The van der Waals surface area contributed by atoms with Crippen LogP contribution in [0.25, 0.3) is 0 Å². The second-order valence-electron chi connectivity index (χ2n) is 16.7. The Balaban J connectivity index is 2.14. The van der Waals surface area contributed by atoms with Crippen molar-refractivity contribution in [2.45, 2.75) is 130 Å². The van der Waals surface area contributed by atoms with Crippen LogP contribution >= 0.6 is 11.8 Å². The van der Waals surface area contributed by atoms with Crippen LogP contribution in [0.3, 0.4) is 0 Å². The third-order valence-electron chi connectivity index (χ3n) is 8.42. The smallest absolute Gasteiger partial charge is 0.123 e. The Morgan fingerprint density at radius 2 is 0.822 bits per heavy atom. The lowest BCUT2D eigenvalue weighted by atomic mass is 9.77. The molecule has 0 aliphatic heterocycles. The first-order chi connectivity index (χ1) is 20.3. The average molecular weight is 641 g/mol. The molecule has 0 fully saturated rings. The number of phenols is 2. The van der Waals surface area contributed by atoms with Crippen molar-refractivity contribution >= 4 is 23.7 Å². The van der Waals surface area contributed by atoms with Crippen molar-refractivity contribution in [3.63, 3.8) is 0 Å². The van der Waals surface area contributed by atoms with Crippen LogP contribution in [-0.2, 0) is 44.1 Å². The van der Waals surface area contributed by atoms with E-state index in [1.54, 1.807) is 0 Å². The third kappa shape index (κ3) is 10.7. The maximum atomic E-state index is 12.1. The highest BCUT2D eigenvalue weighted by molar-refractivity contribution is 7.99. The number of benzene rings is 2. The molecule has 45 heavy (non-hydrogen) atoms. The maximum absolute atomic E-state index is 12.1. The molecule has 0 radical (unpaired) electrons. The van der Waals surface area contributed by atoms with Gasteiger partial charge in [0, 0.05) is 23.8 Å². The Morgan fingerprint density at radius 1 is 0.578 bits per heavy atom. The summed E-state index contributed by atoms with van der Waals surface area (Å²) < 4.78 is 0. The van der Waals surface area contributed by atoms with E-state index in [0.29, 0.717) is 37.2 Å². The number of carbonyl (C=O) groups is 2. The zero-order valence-electron chi connectivity index (χ0n) is 29.6. The quantitative estimate of drug-likeness (QED) is 0.261. The van der Waals surface area contributed by atoms with Crippen molar-refractivity contribution in [2.24, 2.45) is 11.8 Å². The first kappa shape index (κ1) is 38.5. The summed E-state index contributed by atoms with van der Waals surface area (Å²) >= 11 is 1.54. The Hall–Kier alpha value is -2.67. The van der Waals surface area contributed by atoms with Crippen molar-refractivity contribution in [1.82, 2.24) is 0 Å². The first-order valence-electron chi connectivity index (χ1n) is 16.1. The minimum atomic E-state index is -1.11. The van der Waals surface area contributed by atoms with E-state index in [-0.39, 0.29) is 33.2 Å². The number of carboxylic acid groups (broad SMARTS) is 2. The molecule has 7 heteroatoms. The van der Waals surface area contributed by atoms with Gasteiger partial charge in [-0.25, -0.2) is 0 Å². The van der Waals surface area contributed by atoms with Gasteiger partial charge in [-0.1, -0.05) is 107 Å². The van der Waals surface area contributed by atoms with Gasteiger partial charge in [-0.3, -0.25) is 0 Å². The summed E-state index contributed by atoms with van der Waals surface area (Å²) in [6.07, 6.45) is 1.37. The molecule has 0 saturated carbocycles. The van der Waals surface area contributed by atoms with Gasteiger partial charge in [-0.05, 0) is 92.2 Å². The fraction of sp³-hybridized carbons (Fsp3) is 0.632. The molecule has 0 aromatic heterocycles. The first-order valence-corrected chi connectivity index (χ1v) is 17.2. The molecular formula is C38H56O6S-2. The predicted octanol–water partition coefficient (Wildman–Crippen LogP) is 6.32. The summed E-state index contributed by atoms with van der Waals surface area (Å²) in [5, 5.41) is 46.3. The van der Waals surface area contributed by atoms with E-state index in [2.05, 4.69) is 0 Å². The fourth-order valence-electron chi connectivity index (χ4n) is 5.64. The van der Waals surface area contributed by atoms with Gasteiger partial charge in [-0.2, -0.15) is 11.8 Å². The number of carboxylic acids is 2. The standard InChI is InChI=1S/C38H58O6S/c1-35(2,3)27-19-23(20-28(31(27)39)36(4,5)6)17-25(33(41)42)13-15-45-16-14-26(34(43)44)18-24-21-29(37(7,8)9)32(40)30(22-24)38(10,11)12/h19-22,25-26,39-40H,13-18H2,1-12H3,(H,41,42)(H,43,44)/p-2. The summed E-state index contributed by atoms with van der Waals surface area (Å²) in [6.45, 7) is 24.3. The number of carbonyl (C=O) groups excluding carboxylic acids is 2. The number of hydrogen-bond donors (Lipinski definition) is 2. The zero-order chi connectivity index (χ0) is 34.7. The molecule has 252 valence electrons. The summed E-state index contributed by atoms with van der Waals surface area (Å²) in [7, 11) is 0. The lowest BCUT2D eigenvalue weighted by molar-refractivity contribution is -0.312. The van der Waals surface area contributed by atoms with Crippen molar-refractivity contribution in [3.05, 3.63) is 57.6 Å². The Bertz CT molecular complexity index is 1170. The monoisotopic (exact) mass is 640 g/mol. The molecular weight excluding hydrogens is 584 g/mol. The Kier molecular flexibility index (Phi) is 12.3. The van der Waals surface area contributed by atoms with E-state index in [4.69, 9.17) is 0 Å². The largest absolute Gasteiger partial charge is 0.550 e. The van der Waals surface area contributed by atoms with Gasteiger partial charge in [-0.15, -0.1) is 0 Å². The SMILES string of the molecule is CC(C)(C)c1cc(CC(CCSCCC(Cc2cc(C(C)(C)C)c(O)c(C(C)(C)C)c2)C(=O)[O-])C(=O)[O-])cc(C(C)(C)C)c1O. The van der Waals surface area contributed by atoms with Gasteiger partial charge >= 0.3 is 0 Å². The fourth-order valence-corrected chi connectivity index (χ4v) is 6.75. The minimum absolute atomic E-state index is 0.262. The van der Waals surface area contributed by atoms with Crippen LogP contribution in [0.5, 0.6) is 11.5 Å². The van der Waals surface area contributed by atoms with Crippen molar-refractivity contribution in [1.29, 1.82) is 0 Å². The summed E-state index contributed by atoms with van der Waals surface area (Å²) in [5.74, 6) is -2.00. The summed E-state index contributed by atoms with van der Waals surface area (Å²) in [6, 6.07) is 7.66. The third-order valence-corrected chi connectivity index (χ3v) is 9.47. The molecule has 0 bridgehead atoms. The van der Waals surface area contributed by atoms with Crippen LogP contribution in [0.15, 0.2) is 24.3 Å². The number of aromatic hydroxyl groups is 2. The molecule has 0 heterocycles. The molecule has 0 spiro atoms. The highest BCUT2D eigenvalue weighted by atomic mass is 32.2. The molecule has 0 saturated heterocycles. The Labute approximate surface area is 276 Å². The highest BCUT2D eigenvalue weighted by Crippen LogP contribution is 2.41. The molecule has 6 nitrogen and oxygen atoms in total. The second kappa shape index (κ2) is 14.4. The molecule has 0 aliphatic rings. The van der Waals surface area contributed by atoms with E-state index < -0.39 is 23.8 Å². The number of aliphatic carboxylic acids is 2. The topological polar surface area (TPSA) is 121 Å². The van der Waals surface area contributed by atoms with Gasteiger partial charge in [0.05, 0.1) is 0 Å². The zero-order valence-corrected chi connectivity index (χ0v) is 30.5. The van der Waals surface area contributed by atoms with Crippen molar-refractivity contribution in [3.8, 4) is 11.5 Å². The number of phenolic OH excluding ortho intramolecular Hbond substituents is 2. The van der Waals surface area contributed by atoms with Crippen molar-refractivity contribution in [2.75, 3.05) is 11.5 Å². The Morgan fingerprint density at radius 3 is 1.02 bits per heavy atom. The molecule has 2 unspecified atom stereocenters.